The maximum atomic E-state index is 11.4. The molecule has 0 aliphatic carbocycles. The van der Waals surface area contributed by atoms with Crippen LogP contribution in [0.1, 0.15) is 55.3 Å². The minimum Gasteiger partial charge on any atom is -0.478 e. The fourth-order valence-electron chi connectivity index (χ4n) is 2.67. The van der Waals surface area contributed by atoms with Crippen molar-refractivity contribution < 1.29 is 14.6 Å². The summed E-state index contributed by atoms with van der Waals surface area (Å²) in [5, 5.41) is 9.35. The third-order valence-electron chi connectivity index (χ3n) is 3.69. The number of aromatic carboxylic acids is 1. The monoisotopic (exact) mass is 290 g/mol. The summed E-state index contributed by atoms with van der Waals surface area (Å²) in [4.78, 5) is 16.0. The number of para-hydroxylation sites is 1. The largest absolute Gasteiger partial charge is 0.478 e. The van der Waals surface area contributed by atoms with Crippen LogP contribution in [0.4, 0.5) is 0 Å². The second-order valence-corrected chi connectivity index (χ2v) is 5.49. The third kappa shape index (κ3) is 2.78. The number of imidazole rings is 1. The van der Waals surface area contributed by atoms with Gasteiger partial charge in [-0.25, -0.2) is 9.78 Å². The van der Waals surface area contributed by atoms with Crippen molar-refractivity contribution in [3.63, 3.8) is 0 Å². The Hall–Kier alpha value is -1.88. The van der Waals surface area contributed by atoms with E-state index in [-0.39, 0.29) is 17.5 Å². The molecule has 1 aromatic carbocycles. The normalized spacial score (nSPS) is 13.0. The van der Waals surface area contributed by atoms with Crippen molar-refractivity contribution in [3.05, 3.63) is 29.6 Å². The summed E-state index contributed by atoms with van der Waals surface area (Å²) in [6.45, 7) is 6.81. The van der Waals surface area contributed by atoms with Crippen LogP contribution in [0.3, 0.4) is 0 Å². The molecular weight excluding hydrogens is 268 g/mol. The molecule has 114 valence electrons. The van der Waals surface area contributed by atoms with Crippen LogP contribution in [0.25, 0.3) is 11.0 Å². The van der Waals surface area contributed by atoms with Crippen molar-refractivity contribution in [1.82, 2.24) is 9.55 Å². The number of fused-ring (bicyclic) bond motifs is 1. The molecule has 5 nitrogen and oxygen atoms in total. The highest BCUT2D eigenvalue weighted by Gasteiger charge is 2.22. The quantitative estimate of drug-likeness (QED) is 0.885. The zero-order valence-electron chi connectivity index (χ0n) is 13.0. The highest BCUT2D eigenvalue weighted by atomic mass is 16.5. The highest BCUT2D eigenvalue weighted by molar-refractivity contribution is 6.01. The Bertz CT molecular complexity index is 646. The molecule has 1 aromatic heterocycles. The first-order chi connectivity index (χ1) is 10.0. The molecule has 21 heavy (non-hydrogen) atoms. The second kappa shape index (κ2) is 6.26. The van der Waals surface area contributed by atoms with Gasteiger partial charge < -0.3 is 14.4 Å². The van der Waals surface area contributed by atoms with Gasteiger partial charge in [-0.2, -0.15) is 0 Å². The van der Waals surface area contributed by atoms with E-state index in [1.807, 2.05) is 6.07 Å². The number of methoxy groups -OCH3 is 1. The van der Waals surface area contributed by atoms with Crippen molar-refractivity contribution in [2.24, 2.45) is 0 Å². The highest BCUT2D eigenvalue weighted by Crippen LogP contribution is 2.29. The maximum absolute atomic E-state index is 11.4. The Balaban J connectivity index is 2.74. The minimum atomic E-state index is -0.944. The van der Waals surface area contributed by atoms with E-state index < -0.39 is 5.97 Å². The average molecular weight is 290 g/mol. The lowest BCUT2D eigenvalue weighted by Gasteiger charge is -2.21. The van der Waals surface area contributed by atoms with Crippen LogP contribution in [0.15, 0.2) is 18.2 Å². The van der Waals surface area contributed by atoms with Gasteiger partial charge in [0.25, 0.3) is 0 Å². The van der Waals surface area contributed by atoms with E-state index in [4.69, 9.17) is 4.74 Å². The lowest BCUT2D eigenvalue weighted by molar-refractivity contribution is 0.0699. The maximum Gasteiger partial charge on any atom is 0.337 e. The van der Waals surface area contributed by atoms with Crippen molar-refractivity contribution in [2.45, 2.75) is 39.2 Å². The molecule has 0 radical (unpaired) electrons. The number of nitrogens with zero attached hydrogens (tertiary/aromatic N) is 2. The van der Waals surface area contributed by atoms with Gasteiger partial charge in [0, 0.05) is 13.0 Å². The SMILES string of the molecule is CCC(COC)n1c(C(C)C)nc2c(C(=O)O)cccc21. The number of rotatable bonds is 6. The molecule has 1 atom stereocenters. The first-order valence-corrected chi connectivity index (χ1v) is 7.24. The van der Waals surface area contributed by atoms with Crippen LogP contribution in [-0.4, -0.2) is 34.3 Å². The fraction of sp³-hybridized carbons (Fsp3) is 0.500. The first kappa shape index (κ1) is 15.5. The van der Waals surface area contributed by atoms with E-state index in [1.54, 1.807) is 19.2 Å². The van der Waals surface area contributed by atoms with Gasteiger partial charge in [-0.05, 0) is 18.6 Å². The first-order valence-electron chi connectivity index (χ1n) is 7.24. The molecule has 0 bridgehead atoms. The lowest BCUT2D eigenvalue weighted by atomic mass is 10.1. The smallest absolute Gasteiger partial charge is 0.337 e. The Morgan fingerprint density at radius 2 is 2.14 bits per heavy atom. The van der Waals surface area contributed by atoms with Crippen LogP contribution in [-0.2, 0) is 4.74 Å². The third-order valence-corrected chi connectivity index (χ3v) is 3.69. The average Bonchev–Trinajstić information content (AvgIpc) is 2.84. The summed E-state index contributed by atoms with van der Waals surface area (Å²) in [6, 6.07) is 5.46. The van der Waals surface area contributed by atoms with Crippen LogP contribution in [0, 0.1) is 0 Å². The number of hydrogen-bond acceptors (Lipinski definition) is 3. The molecule has 0 aliphatic rings. The number of ether oxygens (including phenoxy) is 1. The molecule has 0 spiro atoms. The number of carbonyl (C=O) groups is 1. The van der Waals surface area contributed by atoms with Gasteiger partial charge >= 0.3 is 5.97 Å². The molecule has 5 heteroatoms. The molecular formula is C16H22N2O3. The summed E-state index contributed by atoms with van der Waals surface area (Å²) in [5.74, 6) is 0.174. The van der Waals surface area contributed by atoms with Gasteiger partial charge in [0.1, 0.15) is 11.3 Å². The summed E-state index contributed by atoms with van der Waals surface area (Å²) < 4.78 is 7.45. The predicted molar refractivity (Wildman–Crippen MR) is 82.0 cm³/mol. The van der Waals surface area contributed by atoms with Gasteiger partial charge in [-0.3, -0.25) is 0 Å². The van der Waals surface area contributed by atoms with E-state index >= 15 is 0 Å². The van der Waals surface area contributed by atoms with Crippen molar-refractivity contribution in [1.29, 1.82) is 0 Å². The molecule has 0 saturated carbocycles. The molecule has 0 saturated heterocycles. The van der Waals surface area contributed by atoms with Crippen molar-refractivity contribution in [3.8, 4) is 0 Å². The second-order valence-electron chi connectivity index (χ2n) is 5.49. The molecule has 2 aromatic rings. The molecule has 1 unspecified atom stereocenters. The molecule has 0 aliphatic heterocycles. The van der Waals surface area contributed by atoms with Crippen LogP contribution >= 0.6 is 0 Å². The summed E-state index contributed by atoms with van der Waals surface area (Å²) in [7, 11) is 1.68. The number of benzene rings is 1. The molecule has 0 fully saturated rings. The fourth-order valence-corrected chi connectivity index (χ4v) is 2.67. The zero-order chi connectivity index (χ0) is 15.6. The van der Waals surface area contributed by atoms with Gasteiger partial charge in [0.05, 0.1) is 23.7 Å². The van der Waals surface area contributed by atoms with Crippen LogP contribution in [0.5, 0.6) is 0 Å². The van der Waals surface area contributed by atoms with E-state index in [9.17, 15) is 9.90 Å². The summed E-state index contributed by atoms with van der Waals surface area (Å²) in [5.41, 5.74) is 1.67. The predicted octanol–water partition coefficient (Wildman–Crippen LogP) is 3.46. The summed E-state index contributed by atoms with van der Waals surface area (Å²) in [6.07, 6.45) is 0.899. The van der Waals surface area contributed by atoms with Gasteiger partial charge in [-0.1, -0.05) is 26.8 Å². The van der Waals surface area contributed by atoms with E-state index in [2.05, 4.69) is 30.3 Å². The number of hydrogen-bond donors (Lipinski definition) is 1. The molecule has 0 amide bonds. The van der Waals surface area contributed by atoms with Crippen molar-refractivity contribution >= 4 is 17.0 Å². The zero-order valence-corrected chi connectivity index (χ0v) is 13.0. The van der Waals surface area contributed by atoms with Gasteiger partial charge in [-0.15, -0.1) is 0 Å². The van der Waals surface area contributed by atoms with E-state index in [0.717, 1.165) is 17.8 Å². The Labute approximate surface area is 124 Å². The number of carboxylic acids is 1. The van der Waals surface area contributed by atoms with Crippen LogP contribution in [0.2, 0.25) is 0 Å². The van der Waals surface area contributed by atoms with Gasteiger partial charge in [0.2, 0.25) is 0 Å². The van der Waals surface area contributed by atoms with E-state index in [1.165, 1.54) is 0 Å². The Kier molecular flexibility index (Phi) is 4.63. The Morgan fingerprint density at radius 3 is 2.67 bits per heavy atom. The Morgan fingerprint density at radius 1 is 1.43 bits per heavy atom. The standard InChI is InChI=1S/C16H22N2O3/c1-5-11(9-21-4)18-13-8-6-7-12(16(19)20)14(13)17-15(18)10(2)3/h6-8,10-11H,5,9H2,1-4H3,(H,19,20). The minimum absolute atomic E-state index is 0.154. The van der Waals surface area contributed by atoms with Crippen LogP contribution < -0.4 is 0 Å². The van der Waals surface area contributed by atoms with Gasteiger partial charge in [0.15, 0.2) is 0 Å². The van der Waals surface area contributed by atoms with Crippen molar-refractivity contribution in [2.75, 3.05) is 13.7 Å². The molecule has 2 rings (SSSR count). The lowest BCUT2D eigenvalue weighted by Crippen LogP contribution is -2.17. The van der Waals surface area contributed by atoms with E-state index in [0.29, 0.717) is 12.1 Å². The number of carboxylic acid groups (broad SMARTS) is 1. The summed E-state index contributed by atoms with van der Waals surface area (Å²) >= 11 is 0. The molecule has 1 N–H and O–H groups in total. The number of aromatic nitrogens is 2. The topological polar surface area (TPSA) is 64.4 Å². The molecule has 1 heterocycles.